The van der Waals surface area contributed by atoms with Crippen LogP contribution in [0.1, 0.15) is 46.5 Å². The van der Waals surface area contributed by atoms with Gasteiger partial charge in [0, 0.05) is 12.3 Å². The van der Waals surface area contributed by atoms with Gasteiger partial charge < -0.3 is 5.11 Å². The van der Waals surface area contributed by atoms with Crippen LogP contribution < -0.4 is 0 Å². The molecule has 2 rings (SSSR count). The minimum atomic E-state index is -0.279. The van der Waals surface area contributed by atoms with Crippen LogP contribution in [0.25, 0.3) is 0 Å². The first-order chi connectivity index (χ1) is 7.86. The van der Waals surface area contributed by atoms with Crippen molar-refractivity contribution in [2.75, 3.05) is 0 Å². The topological polar surface area (TPSA) is 37.3 Å². The number of aliphatic hydroxyl groups excluding tert-OH is 1. The van der Waals surface area contributed by atoms with Crippen LogP contribution >= 0.6 is 0 Å². The molecule has 2 fully saturated rings. The SMILES string of the molecule is C=C(C)[C@@H]1C[C@H](O)[C@@]2(C)CCC(=O)[C@@H](C)[C@@H]2C1. The van der Waals surface area contributed by atoms with E-state index in [1.54, 1.807) is 0 Å². The van der Waals surface area contributed by atoms with Gasteiger partial charge in [0.1, 0.15) is 5.78 Å². The molecule has 0 aromatic heterocycles. The highest BCUT2D eigenvalue weighted by Gasteiger charge is 2.51. The number of ketones is 1. The number of hydrogen-bond acceptors (Lipinski definition) is 2. The van der Waals surface area contributed by atoms with Crippen molar-refractivity contribution in [2.24, 2.45) is 23.2 Å². The third kappa shape index (κ3) is 1.97. The fraction of sp³-hybridized carbons (Fsp3) is 0.800. The average Bonchev–Trinajstić information content (AvgIpc) is 2.26. The molecule has 2 nitrogen and oxygen atoms in total. The average molecular weight is 236 g/mol. The molecule has 0 bridgehead atoms. The van der Waals surface area contributed by atoms with E-state index in [0.29, 0.717) is 24.0 Å². The lowest BCUT2D eigenvalue weighted by molar-refractivity contribution is -0.143. The Bertz CT molecular complexity index is 347. The van der Waals surface area contributed by atoms with E-state index < -0.39 is 0 Å². The van der Waals surface area contributed by atoms with Gasteiger partial charge in [-0.15, -0.1) is 0 Å². The fourth-order valence-corrected chi connectivity index (χ4v) is 3.83. The van der Waals surface area contributed by atoms with Crippen molar-refractivity contribution in [1.29, 1.82) is 0 Å². The number of allylic oxidation sites excluding steroid dienone is 1. The molecule has 2 aliphatic carbocycles. The lowest BCUT2D eigenvalue weighted by Crippen LogP contribution is -2.52. The van der Waals surface area contributed by atoms with E-state index in [2.05, 4.69) is 13.5 Å². The summed E-state index contributed by atoms with van der Waals surface area (Å²) in [4.78, 5) is 11.9. The normalized spacial score (nSPS) is 46.5. The number of carbonyl (C=O) groups is 1. The van der Waals surface area contributed by atoms with Crippen LogP contribution in [0, 0.1) is 23.2 Å². The van der Waals surface area contributed by atoms with Gasteiger partial charge in [0.15, 0.2) is 0 Å². The standard InChI is InChI=1S/C15H24O2/c1-9(2)11-7-12-10(3)13(16)5-6-15(12,4)14(17)8-11/h10-12,14,17H,1,5-8H2,2-4H3/t10-,11-,12-,14-,15-/m0/s1. The predicted molar refractivity (Wildman–Crippen MR) is 68.5 cm³/mol. The van der Waals surface area contributed by atoms with E-state index in [1.807, 2.05) is 13.8 Å². The third-order valence-electron chi connectivity index (χ3n) is 5.37. The molecular formula is C15H24O2. The van der Waals surface area contributed by atoms with Crippen molar-refractivity contribution < 1.29 is 9.90 Å². The molecule has 0 saturated heterocycles. The van der Waals surface area contributed by atoms with Gasteiger partial charge in [-0.2, -0.15) is 0 Å². The second-order valence-electron chi connectivity index (χ2n) is 6.40. The van der Waals surface area contributed by atoms with Crippen LogP contribution in [-0.4, -0.2) is 17.0 Å². The maximum absolute atomic E-state index is 11.9. The van der Waals surface area contributed by atoms with Crippen molar-refractivity contribution in [2.45, 2.75) is 52.6 Å². The summed E-state index contributed by atoms with van der Waals surface area (Å²) in [6.07, 6.45) is 3.06. The van der Waals surface area contributed by atoms with Crippen LogP contribution in [0.15, 0.2) is 12.2 Å². The number of rotatable bonds is 1. The first-order valence-corrected chi connectivity index (χ1v) is 6.72. The minimum Gasteiger partial charge on any atom is -0.393 e. The van der Waals surface area contributed by atoms with Gasteiger partial charge >= 0.3 is 0 Å². The smallest absolute Gasteiger partial charge is 0.136 e. The van der Waals surface area contributed by atoms with Crippen molar-refractivity contribution in [1.82, 2.24) is 0 Å². The van der Waals surface area contributed by atoms with E-state index in [9.17, 15) is 9.90 Å². The van der Waals surface area contributed by atoms with Gasteiger partial charge in [-0.05, 0) is 43.4 Å². The van der Waals surface area contributed by atoms with Gasteiger partial charge in [0.05, 0.1) is 6.10 Å². The van der Waals surface area contributed by atoms with E-state index in [0.717, 1.165) is 24.8 Å². The largest absolute Gasteiger partial charge is 0.393 e. The Kier molecular flexibility index (Phi) is 3.19. The highest BCUT2D eigenvalue weighted by molar-refractivity contribution is 5.82. The Hall–Kier alpha value is -0.630. The zero-order chi connectivity index (χ0) is 12.8. The Morgan fingerprint density at radius 3 is 2.71 bits per heavy atom. The zero-order valence-electron chi connectivity index (χ0n) is 11.2. The van der Waals surface area contributed by atoms with E-state index >= 15 is 0 Å². The monoisotopic (exact) mass is 236 g/mol. The second-order valence-corrected chi connectivity index (χ2v) is 6.40. The highest BCUT2D eigenvalue weighted by atomic mass is 16.3. The minimum absolute atomic E-state index is 0.0563. The molecule has 0 unspecified atom stereocenters. The summed E-state index contributed by atoms with van der Waals surface area (Å²) < 4.78 is 0. The van der Waals surface area contributed by atoms with Crippen LogP contribution in [0.3, 0.4) is 0 Å². The molecule has 2 heteroatoms. The summed E-state index contributed by atoms with van der Waals surface area (Å²) in [5, 5.41) is 10.4. The predicted octanol–water partition coefficient (Wildman–Crippen LogP) is 2.95. The Labute approximate surface area is 104 Å². The first kappa shape index (κ1) is 12.8. The van der Waals surface area contributed by atoms with Crippen molar-refractivity contribution in [3.8, 4) is 0 Å². The maximum atomic E-state index is 11.9. The molecule has 0 heterocycles. The number of Topliss-reactive ketones (excluding diaryl/α,β-unsaturated/α-hetero) is 1. The fourth-order valence-electron chi connectivity index (χ4n) is 3.83. The lowest BCUT2D eigenvalue weighted by Gasteiger charge is -2.52. The van der Waals surface area contributed by atoms with Crippen LogP contribution in [-0.2, 0) is 4.79 Å². The first-order valence-electron chi connectivity index (χ1n) is 6.72. The Morgan fingerprint density at radius 1 is 1.47 bits per heavy atom. The molecular weight excluding hydrogens is 212 g/mol. The molecule has 1 N–H and O–H groups in total. The van der Waals surface area contributed by atoms with Crippen LogP contribution in [0.5, 0.6) is 0 Å². The molecule has 5 atom stereocenters. The lowest BCUT2D eigenvalue weighted by atomic mass is 9.53. The summed E-state index contributed by atoms with van der Waals surface area (Å²) in [5.74, 6) is 1.19. The number of fused-ring (bicyclic) bond motifs is 1. The highest BCUT2D eigenvalue weighted by Crippen LogP contribution is 2.53. The van der Waals surface area contributed by atoms with Gasteiger partial charge in [0.2, 0.25) is 0 Å². The van der Waals surface area contributed by atoms with Crippen LogP contribution in [0.2, 0.25) is 0 Å². The van der Waals surface area contributed by atoms with Crippen LogP contribution in [0.4, 0.5) is 0 Å². The quantitative estimate of drug-likeness (QED) is 0.711. The van der Waals surface area contributed by atoms with Gasteiger partial charge in [-0.1, -0.05) is 26.0 Å². The zero-order valence-corrected chi connectivity index (χ0v) is 11.2. The third-order valence-corrected chi connectivity index (χ3v) is 5.37. The molecule has 0 radical (unpaired) electrons. The van der Waals surface area contributed by atoms with Crippen molar-refractivity contribution in [3.05, 3.63) is 12.2 Å². The number of aliphatic hydroxyl groups is 1. The Balaban J connectivity index is 2.27. The van der Waals surface area contributed by atoms with E-state index in [4.69, 9.17) is 0 Å². The maximum Gasteiger partial charge on any atom is 0.136 e. The van der Waals surface area contributed by atoms with E-state index in [-0.39, 0.29) is 17.4 Å². The molecule has 96 valence electrons. The molecule has 0 aromatic rings. The Morgan fingerprint density at radius 2 is 2.12 bits per heavy atom. The summed E-state index contributed by atoms with van der Waals surface area (Å²) in [7, 11) is 0. The molecule has 17 heavy (non-hydrogen) atoms. The molecule has 0 aliphatic heterocycles. The number of hydrogen-bond donors (Lipinski definition) is 1. The van der Waals surface area contributed by atoms with Gasteiger partial charge in [0.25, 0.3) is 0 Å². The van der Waals surface area contributed by atoms with Gasteiger partial charge in [-0.25, -0.2) is 0 Å². The van der Waals surface area contributed by atoms with Crippen molar-refractivity contribution >= 4 is 5.78 Å². The van der Waals surface area contributed by atoms with Gasteiger partial charge in [-0.3, -0.25) is 4.79 Å². The number of carbonyl (C=O) groups excluding carboxylic acids is 1. The van der Waals surface area contributed by atoms with Crippen molar-refractivity contribution in [3.63, 3.8) is 0 Å². The summed E-state index contributed by atoms with van der Waals surface area (Å²) in [6.45, 7) is 10.3. The summed E-state index contributed by atoms with van der Waals surface area (Å²) in [5.41, 5.74) is 1.09. The molecule has 2 saturated carbocycles. The summed E-state index contributed by atoms with van der Waals surface area (Å²) in [6, 6.07) is 0. The molecule has 2 aliphatic rings. The van der Waals surface area contributed by atoms with E-state index in [1.165, 1.54) is 0 Å². The second kappa shape index (κ2) is 4.24. The molecule has 0 spiro atoms. The molecule has 0 aromatic carbocycles. The summed E-state index contributed by atoms with van der Waals surface area (Å²) >= 11 is 0. The molecule has 0 amide bonds.